The number of rotatable bonds is 6. The molecule has 1 N–H and O–H groups in total. The summed E-state index contributed by atoms with van der Waals surface area (Å²) in [5.74, 6) is -0.345. The zero-order chi connectivity index (χ0) is 29.5. The number of aromatic nitrogens is 2. The van der Waals surface area contributed by atoms with Gasteiger partial charge in [-0.25, -0.2) is 9.37 Å². The van der Waals surface area contributed by atoms with Gasteiger partial charge in [-0.05, 0) is 76.8 Å². The van der Waals surface area contributed by atoms with Gasteiger partial charge in [-0.3, -0.25) is 14.0 Å². The van der Waals surface area contributed by atoms with Crippen molar-refractivity contribution < 1.29 is 18.4 Å². The molecule has 2 aromatic carbocycles. The summed E-state index contributed by atoms with van der Waals surface area (Å²) >= 11 is 5.09. The van der Waals surface area contributed by atoms with E-state index >= 15 is 0 Å². The van der Waals surface area contributed by atoms with Crippen molar-refractivity contribution in [3.8, 4) is 11.3 Å². The Morgan fingerprint density at radius 1 is 1.19 bits per heavy atom. The molecule has 5 aromatic rings. The summed E-state index contributed by atoms with van der Waals surface area (Å²) in [5, 5.41) is 3.41. The van der Waals surface area contributed by atoms with E-state index in [2.05, 4.69) is 30.5 Å². The van der Waals surface area contributed by atoms with Gasteiger partial charge in [0.1, 0.15) is 28.5 Å². The van der Waals surface area contributed by atoms with Crippen LogP contribution in [0, 0.1) is 5.82 Å². The van der Waals surface area contributed by atoms with Gasteiger partial charge >= 0.3 is 0 Å². The summed E-state index contributed by atoms with van der Waals surface area (Å²) in [6.07, 6.45) is 5.48. The summed E-state index contributed by atoms with van der Waals surface area (Å²) in [7, 11) is 3.56. The number of carbonyl (C=O) groups excluding carboxylic acids is 2. The van der Waals surface area contributed by atoms with E-state index in [1.165, 1.54) is 12.1 Å². The highest BCUT2D eigenvalue weighted by molar-refractivity contribution is 9.10. The lowest BCUT2D eigenvalue weighted by molar-refractivity contribution is 0.0702. The van der Waals surface area contributed by atoms with Crippen LogP contribution in [0.1, 0.15) is 45.2 Å². The van der Waals surface area contributed by atoms with Crippen molar-refractivity contribution in [1.29, 1.82) is 0 Å². The number of fused-ring (bicyclic) bond motifs is 2. The van der Waals surface area contributed by atoms with E-state index in [1.807, 2.05) is 52.9 Å². The lowest BCUT2D eigenvalue weighted by Crippen LogP contribution is -2.39. The maximum Gasteiger partial charge on any atom is 0.274 e. The monoisotopic (exact) mass is 649 g/mol. The Bertz CT molecular complexity index is 1820. The number of furan rings is 1. The minimum atomic E-state index is -0.366. The molecule has 1 atom stereocenters. The van der Waals surface area contributed by atoms with Gasteiger partial charge in [0.2, 0.25) is 0 Å². The van der Waals surface area contributed by atoms with Crippen molar-refractivity contribution in [2.75, 3.05) is 37.7 Å². The zero-order valence-electron chi connectivity index (χ0n) is 23.4. The van der Waals surface area contributed by atoms with Gasteiger partial charge in [0, 0.05) is 62.6 Å². The first-order valence-corrected chi connectivity index (χ1v) is 15.6. The number of pyridine rings is 1. The fraction of sp³-hybridized carbons (Fsp3) is 0.258. The molecule has 6 rings (SSSR count). The molecule has 4 heterocycles. The van der Waals surface area contributed by atoms with Gasteiger partial charge in [-0.1, -0.05) is 18.0 Å². The van der Waals surface area contributed by atoms with Crippen LogP contribution in [0.15, 0.2) is 69.8 Å². The van der Waals surface area contributed by atoms with Gasteiger partial charge in [-0.15, -0.1) is 0 Å². The molecule has 1 saturated heterocycles. The fourth-order valence-electron chi connectivity index (χ4n) is 5.66. The Hall–Kier alpha value is -3.83. The lowest BCUT2D eigenvalue weighted by atomic mass is 9.88. The fourth-order valence-corrected chi connectivity index (χ4v) is 6.45. The summed E-state index contributed by atoms with van der Waals surface area (Å²) < 4.78 is 24.7. The molecule has 1 aliphatic heterocycles. The van der Waals surface area contributed by atoms with Crippen molar-refractivity contribution in [2.45, 2.75) is 18.8 Å². The molecule has 8 nitrogen and oxygen atoms in total. The Morgan fingerprint density at radius 2 is 1.98 bits per heavy atom. The van der Waals surface area contributed by atoms with Gasteiger partial charge in [0.05, 0.1) is 15.9 Å². The number of likely N-dealkylation sites (tertiary alicyclic amines) is 1. The number of carbonyl (C=O) groups is 2. The highest BCUT2D eigenvalue weighted by Crippen LogP contribution is 2.42. The second kappa shape index (κ2) is 11.4. The van der Waals surface area contributed by atoms with Crippen LogP contribution in [-0.2, 0) is 0 Å². The molecule has 2 amide bonds. The normalized spacial score (nSPS) is 15.4. The second-order valence-corrected chi connectivity index (χ2v) is 12.0. The molecular weight excluding hydrogens is 621 g/mol. The van der Waals surface area contributed by atoms with Crippen LogP contribution in [0.3, 0.4) is 0 Å². The first-order valence-electron chi connectivity index (χ1n) is 13.6. The molecule has 1 aliphatic rings. The highest BCUT2D eigenvalue weighted by Gasteiger charge is 2.31. The first-order chi connectivity index (χ1) is 20.3. The van der Waals surface area contributed by atoms with E-state index in [4.69, 9.17) is 4.42 Å². The molecule has 1 fully saturated rings. The van der Waals surface area contributed by atoms with Crippen LogP contribution in [0.25, 0.3) is 27.9 Å². The van der Waals surface area contributed by atoms with Crippen molar-refractivity contribution in [3.63, 3.8) is 0 Å². The standard InChI is InChI=1S/C31H29BrFN5O3S/c1-34-30(39)28-22-14-21(24(36(2)42-3)15-25(22)41-29(28)18-9-11-20(33)12-10-18)19-6-5-13-37(16-19)31(40)23-17-38-26(32)7-4-8-27(38)35-23/h4,7-12,14-15,17,19H,5-6,13,16H2,1-3H3,(H,34,39)/t19-/m0/s1. The summed E-state index contributed by atoms with van der Waals surface area (Å²) in [4.78, 5) is 33.3. The SMILES string of the molecule is CNC(=O)c1c(-c2ccc(F)cc2)oc2cc(N(C)SC)c([C@H]3CCCN(C(=O)c4cn5c(Br)cccc5n4)C3)cc12. The molecule has 0 radical (unpaired) electrons. The average Bonchev–Trinajstić information content (AvgIpc) is 3.62. The smallest absolute Gasteiger partial charge is 0.274 e. The molecule has 0 aliphatic carbocycles. The van der Waals surface area contributed by atoms with Crippen LogP contribution in [-0.4, -0.2) is 59.5 Å². The van der Waals surface area contributed by atoms with Gasteiger partial charge in [-0.2, -0.15) is 0 Å². The Labute approximate surface area is 255 Å². The van der Waals surface area contributed by atoms with Crippen LogP contribution in [0.5, 0.6) is 0 Å². The number of imidazole rings is 1. The predicted molar refractivity (Wildman–Crippen MR) is 168 cm³/mol. The average molecular weight is 651 g/mol. The minimum Gasteiger partial charge on any atom is -0.455 e. The third-order valence-electron chi connectivity index (χ3n) is 7.82. The Balaban J connectivity index is 1.42. The number of halogens is 2. The summed E-state index contributed by atoms with van der Waals surface area (Å²) in [6, 6.07) is 15.6. The molecule has 3 aromatic heterocycles. The molecule has 0 spiro atoms. The van der Waals surface area contributed by atoms with E-state index in [0.29, 0.717) is 52.3 Å². The maximum absolute atomic E-state index is 13.7. The third-order valence-corrected chi connectivity index (χ3v) is 9.21. The molecule has 0 unspecified atom stereocenters. The number of nitrogens with one attached hydrogen (secondary N) is 1. The first kappa shape index (κ1) is 28.3. The van der Waals surface area contributed by atoms with Gasteiger partial charge in [0.25, 0.3) is 11.8 Å². The van der Waals surface area contributed by atoms with Crippen LogP contribution >= 0.6 is 27.9 Å². The third kappa shape index (κ3) is 5.05. The summed E-state index contributed by atoms with van der Waals surface area (Å²) in [6.45, 7) is 1.16. The molecule has 216 valence electrons. The number of hydrogen-bond acceptors (Lipinski definition) is 6. The highest BCUT2D eigenvalue weighted by atomic mass is 79.9. The van der Waals surface area contributed by atoms with Crippen molar-refractivity contribution in [2.24, 2.45) is 0 Å². The molecular formula is C31H29BrFN5O3S. The van der Waals surface area contributed by atoms with Crippen LogP contribution < -0.4 is 9.62 Å². The lowest BCUT2D eigenvalue weighted by Gasteiger charge is -2.34. The second-order valence-electron chi connectivity index (χ2n) is 10.3. The molecule has 0 bridgehead atoms. The van der Waals surface area contributed by atoms with Crippen molar-refractivity contribution in [3.05, 3.63) is 88.0 Å². The van der Waals surface area contributed by atoms with Crippen molar-refractivity contribution >= 4 is 62.0 Å². The van der Waals surface area contributed by atoms with E-state index in [0.717, 1.165) is 28.7 Å². The van der Waals surface area contributed by atoms with Crippen LogP contribution in [0.2, 0.25) is 0 Å². The summed E-state index contributed by atoms with van der Waals surface area (Å²) in [5.41, 5.74) is 4.67. The quantitative estimate of drug-likeness (QED) is 0.162. The number of piperidine rings is 1. The molecule has 11 heteroatoms. The number of benzene rings is 2. The predicted octanol–water partition coefficient (Wildman–Crippen LogP) is 6.74. The van der Waals surface area contributed by atoms with Crippen LogP contribution in [0.4, 0.5) is 10.1 Å². The van der Waals surface area contributed by atoms with E-state index in [1.54, 1.807) is 37.3 Å². The number of hydrogen-bond donors (Lipinski definition) is 1. The van der Waals surface area contributed by atoms with Gasteiger partial charge in [0.15, 0.2) is 0 Å². The van der Waals surface area contributed by atoms with Gasteiger partial charge < -0.3 is 18.9 Å². The largest absolute Gasteiger partial charge is 0.455 e. The minimum absolute atomic E-state index is 0.0298. The molecule has 42 heavy (non-hydrogen) atoms. The van der Waals surface area contributed by atoms with Crippen molar-refractivity contribution in [1.82, 2.24) is 19.6 Å². The number of anilines is 1. The Kier molecular flexibility index (Phi) is 7.71. The number of amides is 2. The maximum atomic E-state index is 13.7. The Morgan fingerprint density at radius 3 is 2.69 bits per heavy atom. The van der Waals surface area contributed by atoms with E-state index in [-0.39, 0.29) is 23.5 Å². The number of nitrogens with zero attached hydrogens (tertiary/aromatic N) is 4. The molecule has 0 saturated carbocycles. The van der Waals surface area contributed by atoms with E-state index < -0.39 is 0 Å². The zero-order valence-corrected chi connectivity index (χ0v) is 25.8. The topological polar surface area (TPSA) is 83.1 Å². The van der Waals surface area contributed by atoms with E-state index in [9.17, 15) is 14.0 Å².